The third kappa shape index (κ3) is 3.17. The van der Waals surface area contributed by atoms with Gasteiger partial charge < -0.3 is 0 Å². The van der Waals surface area contributed by atoms with Gasteiger partial charge in [-0.2, -0.15) is 5.26 Å². The van der Waals surface area contributed by atoms with Crippen molar-refractivity contribution in [3.8, 4) is 28.3 Å². The van der Waals surface area contributed by atoms with Crippen LogP contribution in [0.25, 0.3) is 27.1 Å². The zero-order valence-corrected chi connectivity index (χ0v) is 20.1. The molecule has 3 atom stereocenters. The molecule has 2 aliphatic carbocycles. The van der Waals surface area contributed by atoms with E-state index in [9.17, 15) is 5.26 Å². The first-order valence-electron chi connectivity index (χ1n) is 12.6. The molecule has 0 fully saturated rings. The summed E-state index contributed by atoms with van der Waals surface area (Å²) in [5.41, 5.74) is 13.0. The molecule has 2 aliphatic rings. The van der Waals surface area contributed by atoms with Gasteiger partial charge in [-0.15, -0.1) is 0 Å². The number of nitrogens with zero attached hydrogens (tertiary/aromatic N) is 2. The topological polar surface area (TPSA) is 28.1 Å². The molecule has 2 nitrogen and oxygen atoms in total. The van der Waals surface area contributed by atoms with Crippen LogP contribution in [-0.4, -0.2) is 0 Å². The van der Waals surface area contributed by atoms with Gasteiger partial charge in [0.2, 0.25) is 0 Å². The number of nitriles is 1. The number of fused-ring (bicyclic) bond motifs is 4. The van der Waals surface area contributed by atoms with Crippen LogP contribution < -0.4 is 0 Å². The van der Waals surface area contributed by atoms with E-state index in [4.69, 9.17) is 6.57 Å². The van der Waals surface area contributed by atoms with Gasteiger partial charge in [0.1, 0.15) is 0 Å². The van der Waals surface area contributed by atoms with Crippen LogP contribution in [0.15, 0.2) is 115 Å². The van der Waals surface area contributed by atoms with Crippen molar-refractivity contribution < 1.29 is 0 Å². The normalized spacial score (nSPS) is 18.5. The molecular weight excluding hydrogens is 448 g/mol. The van der Waals surface area contributed by atoms with E-state index in [1.807, 2.05) is 24.3 Å². The average Bonchev–Trinajstić information content (AvgIpc) is 2.98. The van der Waals surface area contributed by atoms with Crippen molar-refractivity contribution in [2.24, 2.45) is 0 Å². The summed E-state index contributed by atoms with van der Waals surface area (Å²) in [5.74, 6) is 0.415. The predicted molar refractivity (Wildman–Crippen MR) is 148 cm³/mol. The largest absolute Gasteiger partial charge is 0.238 e. The molecule has 2 heteroatoms. The third-order valence-corrected chi connectivity index (χ3v) is 8.11. The molecule has 0 amide bonds. The summed E-state index contributed by atoms with van der Waals surface area (Å²) < 4.78 is 0. The van der Waals surface area contributed by atoms with Gasteiger partial charge in [-0.3, -0.25) is 0 Å². The minimum absolute atomic E-state index is 0.122. The molecule has 5 aromatic carbocycles. The molecule has 0 aromatic heterocycles. The molecule has 0 heterocycles. The number of hydrogen-bond acceptors (Lipinski definition) is 1. The van der Waals surface area contributed by atoms with E-state index in [-0.39, 0.29) is 17.8 Å². The van der Waals surface area contributed by atoms with Crippen molar-refractivity contribution >= 4 is 5.69 Å². The molecule has 172 valence electrons. The van der Waals surface area contributed by atoms with Crippen LogP contribution in [0.2, 0.25) is 0 Å². The summed E-state index contributed by atoms with van der Waals surface area (Å²) >= 11 is 0. The molecule has 0 radical (unpaired) electrons. The Labute approximate surface area is 216 Å². The summed E-state index contributed by atoms with van der Waals surface area (Å²) in [5, 5.41) is 9.44. The van der Waals surface area contributed by atoms with E-state index in [0.29, 0.717) is 11.3 Å². The maximum absolute atomic E-state index is 9.44. The minimum atomic E-state index is 0.122. The zero-order valence-electron chi connectivity index (χ0n) is 20.1. The van der Waals surface area contributed by atoms with Crippen molar-refractivity contribution in [1.29, 1.82) is 5.26 Å². The molecule has 0 aliphatic heterocycles. The van der Waals surface area contributed by atoms with Crippen molar-refractivity contribution in [2.75, 3.05) is 0 Å². The molecule has 0 saturated heterocycles. The van der Waals surface area contributed by atoms with Crippen LogP contribution in [0, 0.1) is 17.9 Å². The van der Waals surface area contributed by atoms with Gasteiger partial charge in [0.15, 0.2) is 5.69 Å². The molecule has 7 rings (SSSR count). The van der Waals surface area contributed by atoms with Crippen molar-refractivity contribution in [3.05, 3.63) is 160 Å². The molecular formula is C35H22N2. The Morgan fingerprint density at radius 1 is 0.568 bits per heavy atom. The summed E-state index contributed by atoms with van der Waals surface area (Å²) in [6, 6.07) is 42.9. The van der Waals surface area contributed by atoms with Gasteiger partial charge in [-0.1, -0.05) is 103 Å². The van der Waals surface area contributed by atoms with E-state index in [1.54, 1.807) is 0 Å². The molecule has 0 saturated carbocycles. The highest BCUT2D eigenvalue weighted by Crippen LogP contribution is 2.62. The van der Waals surface area contributed by atoms with Gasteiger partial charge in [-0.25, -0.2) is 4.85 Å². The quantitative estimate of drug-likeness (QED) is 0.237. The van der Waals surface area contributed by atoms with Crippen LogP contribution in [0.5, 0.6) is 0 Å². The molecule has 0 spiro atoms. The summed E-state index contributed by atoms with van der Waals surface area (Å²) in [6.07, 6.45) is 0. The Kier molecular flexibility index (Phi) is 4.81. The fourth-order valence-corrected chi connectivity index (χ4v) is 6.63. The monoisotopic (exact) mass is 470 g/mol. The first-order valence-corrected chi connectivity index (χ1v) is 12.6. The second kappa shape index (κ2) is 8.34. The molecule has 0 N–H and O–H groups in total. The van der Waals surface area contributed by atoms with Gasteiger partial charge in [-0.05, 0) is 62.2 Å². The van der Waals surface area contributed by atoms with Crippen molar-refractivity contribution in [3.63, 3.8) is 0 Å². The van der Waals surface area contributed by atoms with Crippen LogP contribution in [0.3, 0.4) is 0 Å². The maximum Gasteiger partial charge on any atom is 0.187 e. The first kappa shape index (κ1) is 21.4. The van der Waals surface area contributed by atoms with E-state index < -0.39 is 0 Å². The van der Waals surface area contributed by atoms with Crippen LogP contribution in [0.4, 0.5) is 5.69 Å². The van der Waals surface area contributed by atoms with Crippen molar-refractivity contribution in [1.82, 2.24) is 0 Å². The highest BCUT2D eigenvalue weighted by Gasteiger charge is 2.44. The number of benzene rings is 5. The van der Waals surface area contributed by atoms with Crippen LogP contribution >= 0.6 is 0 Å². The Bertz CT molecular complexity index is 1620. The lowest BCUT2D eigenvalue weighted by molar-refractivity contribution is 0.530. The summed E-state index contributed by atoms with van der Waals surface area (Å²) in [7, 11) is 0. The Morgan fingerprint density at radius 3 is 1.57 bits per heavy atom. The molecule has 5 aromatic rings. The SMILES string of the molecule is [C-]#[N+]c1ccc(C2c3ccccc3-c3cccc4c3C2C(c2ccc(C#N)cc2)c2ccccc2-4)cc1. The Balaban J connectivity index is 1.57. The molecule has 0 bridgehead atoms. The zero-order chi connectivity index (χ0) is 24.9. The number of rotatable bonds is 2. The lowest BCUT2D eigenvalue weighted by atomic mass is 9.57. The predicted octanol–water partition coefficient (Wildman–Crippen LogP) is 8.82. The summed E-state index contributed by atoms with van der Waals surface area (Å²) in [6.45, 7) is 7.45. The Hall–Kier alpha value is -4.92. The van der Waals surface area contributed by atoms with Crippen LogP contribution in [-0.2, 0) is 0 Å². The molecule has 3 unspecified atom stereocenters. The lowest BCUT2D eigenvalue weighted by Gasteiger charge is -2.45. The smallest absolute Gasteiger partial charge is 0.187 e. The van der Waals surface area contributed by atoms with Crippen molar-refractivity contribution in [2.45, 2.75) is 17.8 Å². The standard InChI is InChI=1S/C35H22N2/c1-37-25-19-17-24(18-20-25)33-29-10-5-3-8-27(29)31-12-6-11-30-26-7-2-4-9-28(26)32(35(33)34(30)31)23-15-13-22(21-36)14-16-23/h2-20,32-33,35H. The van der Waals surface area contributed by atoms with Gasteiger partial charge in [0, 0.05) is 17.8 Å². The summed E-state index contributed by atoms with van der Waals surface area (Å²) in [4.78, 5) is 3.63. The van der Waals surface area contributed by atoms with E-state index in [0.717, 1.165) is 0 Å². The first-order chi connectivity index (χ1) is 18.3. The van der Waals surface area contributed by atoms with E-state index in [1.165, 1.54) is 50.1 Å². The highest BCUT2D eigenvalue weighted by molar-refractivity contribution is 5.88. The van der Waals surface area contributed by atoms with E-state index in [2.05, 4.69) is 102 Å². The minimum Gasteiger partial charge on any atom is -0.238 e. The highest BCUT2D eigenvalue weighted by atomic mass is 14.6. The van der Waals surface area contributed by atoms with Crippen LogP contribution in [0.1, 0.15) is 51.1 Å². The van der Waals surface area contributed by atoms with E-state index >= 15 is 0 Å². The fraction of sp³-hybridized carbons (Fsp3) is 0.0857. The fourth-order valence-electron chi connectivity index (χ4n) is 6.63. The molecule has 37 heavy (non-hydrogen) atoms. The second-order valence-corrected chi connectivity index (χ2v) is 9.86. The number of hydrogen-bond donors (Lipinski definition) is 0. The lowest BCUT2D eigenvalue weighted by Crippen LogP contribution is -2.29. The maximum atomic E-state index is 9.44. The van der Waals surface area contributed by atoms with Gasteiger partial charge in [0.05, 0.1) is 18.2 Å². The van der Waals surface area contributed by atoms with Gasteiger partial charge in [0.25, 0.3) is 0 Å². The second-order valence-electron chi connectivity index (χ2n) is 9.86. The van der Waals surface area contributed by atoms with Gasteiger partial charge >= 0.3 is 0 Å². The Morgan fingerprint density at radius 2 is 1.05 bits per heavy atom. The third-order valence-electron chi connectivity index (χ3n) is 8.11. The average molecular weight is 471 g/mol.